The van der Waals surface area contributed by atoms with Crippen LogP contribution in [-0.2, 0) is 9.53 Å². The van der Waals surface area contributed by atoms with Gasteiger partial charge < -0.3 is 20.3 Å². The zero-order valence-electron chi connectivity index (χ0n) is 12.3. The number of ether oxygens (including phenoxy) is 1. The lowest BCUT2D eigenvalue weighted by atomic mass is 10.2. The van der Waals surface area contributed by atoms with Gasteiger partial charge in [-0.15, -0.1) is 0 Å². The largest absolute Gasteiger partial charge is 0.378 e. The molecule has 1 saturated heterocycles. The van der Waals surface area contributed by atoms with Crippen LogP contribution < -0.4 is 10.6 Å². The summed E-state index contributed by atoms with van der Waals surface area (Å²) in [6, 6.07) is 2.99. The number of carbonyl (C=O) groups is 2. The van der Waals surface area contributed by atoms with Gasteiger partial charge in [0.25, 0.3) is 5.91 Å². The van der Waals surface area contributed by atoms with Crippen molar-refractivity contribution in [1.29, 1.82) is 0 Å². The second-order valence-electron chi connectivity index (χ2n) is 4.81. The fraction of sp³-hybridized carbons (Fsp3) is 0.500. The first-order valence-electron chi connectivity index (χ1n) is 6.93. The molecule has 1 atom stereocenters. The van der Waals surface area contributed by atoms with E-state index in [0.29, 0.717) is 37.7 Å². The topological polar surface area (TPSA) is 83.6 Å². The monoisotopic (exact) mass is 292 g/mol. The number of hydrogen-bond donors (Lipinski definition) is 2. The van der Waals surface area contributed by atoms with E-state index < -0.39 is 0 Å². The Morgan fingerprint density at radius 3 is 2.76 bits per heavy atom. The van der Waals surface area contributed by atoms with Gasteiger partial charge in [-0.05, 0) is 19.1 Å². The summed E-state index contributed by atoms with van der Waals surface area (Å²) in [7, 11) is 1.55. The molecule has 0 radical (unpaired) electrons. The number of nitrogens with one attached hydrogen (secondary N) is 2. The summed E-state index contributed by atoms with van der Waals surface area (Å²) in [5.41, 5.74) is 1.01. The predicted molar refractivity (Wildman–Crippen MR) is 78.1 cm³/mol. The van der Waals surface area contributed by atoms with E-state index >= 15 is 0 Å². The van der Waals surface area contributed by atoms with E-state index in [4.69, 9.17) is 4.74 Å². The molecule has 1 fully saturated rings. The molecule has 1 aliphatic heterocycles. The van der Waals surface area contributed by atoms with E-state index in [1.807, 2.05) is 0 Å². The van der Waals surface area contributed by atoms with Crippen molar-refractivity contribution in [2.45, 2.75) is 13.0 Å². The number of carbonyl (C=O) groups excluding carboxylic acids is 2. The highest BCUT2D eigenvalue weighted by atomic mass is 16.5. The number of rotatable bonds is 4. The molecule has 1 aliphatic rings. The highest BCUT2D eigenvalue weighted by Crippen LogP contribution is 2.11. The average Bonchev–Trinajstić information content (AvgIpc) is 2.54. The van der Waals surface area contributed by atoms with Crippen LogP contribution in [0.4, 0.5) is 5.69 Å². The standard InChI is InChI=1S/C14H20N4O3/c1-10(14(20)18-5-7-21-8-6-18)17-11-3-4-16-12(9-11)13(19)15-2/h3-4,9-10H,5-8H2,1-2H3,(H,15,19)(H,16,17). The van der Waals surface area contributed by atoms with Crippen LogP contribution in [0, 0.1) is 0 Å². The minimum Gasteiger partial charge on any atom is -0.378 e. The smallest absolute Gasteiger partial charge is 0.269 e. The second kappa shape index (κ2) is 7.03. The Morgan fingerprint density at radius 2 is 2.10 bits per heavy atom. The molecular weight excluding hydrogens is 272 g/mol. The van der Waals surface area contributed by atoms with E-state index in [9.17, 15) is 9.59 Å². The molecule has 1 aromatic heterocycles. The van der Waals surface area contributed by atoms with Gasteiger partial charge in [-0.25, -0.2) is 0 Å². The Balaban J connectivity index is 2.00. The van der Waals surface area contributed by atoms with Gasteiger partial charge in [-0.1, -0.05) is 0 Å². The van der Waals surface area contributed by atoms with Gasteiger partial charge in [0.1, 0.15) is 11.7 Å². The van der Waals surface area contributed by atoms with Gasteiger partial charge in [0.05, 0.1) is 13.2 Å². The van der Waals surface area contributed by atoms with Crippen LogP contribution in [0.25, 0.3) is 0 Å². The Bertz CT molecular complexity index is 515. The first-order valence-corrected chi connectivity index (χ1v) is 6.93. The molecule has 2 heterocycles. The lowest BCUT2D eigenvalue weighted by Crippen LogP contribution is -2.47. The Morgan fingerprint density at radius 1 is 1.38 bits per heavy atom. The predicted octanol–water partition coefficient (Wildman–Crippen LogP) is 0.100. The van der Waals surface area contributed by atoms with Crippen LogP contribution in [0.2, 0.25) is 0 Å². The van der Waals surface area contributed by atoms with Crippen molar-refractivity contribution in [3.05, 3.63) is 24.0 Å². The Labute approximate surface area is 123 Å². The summed E-state index contributed by atoms with van der Waals surface area (Å²) in [5, 5.41) is 5.62. The third-order valence-electron chi connectivity index (χ3n) is 3.30. The molecule has 1 unspecified atom stereocenters. The van der Waals surface area contributed by atoms with Crippen LogP contribution >= 0.6 is 0 Å². The van der Waals surface area contributed by atoms with Crippen molar-refractivity contribution in [3.8, 4) is 0 Å². The number of pyridine rings is 1. The van der Waals surface area contributed by atoms with Crippen LogP contribution in [0.5, 0.6) is 0 Å². The first kappa shape index (κ1) is 15.2. The Hall–Kier alpha value is -2.15. The van der Waals surface area contributed by atoms with Gasteiger partial charge in [-0.3, -0.25) is 14.6 Å². The van der Waals surface area contributed by atoms with E-state index in [1.54, 1.807) is 37.2 Å². The zero-order valence-corrected chi connectivity index (χ0v) is 12.3. The number of morpholine rings is 1. The molecule has 114 valence electrons. The van der Waals surface area contributed by atoms with Crippen LogP contribution in [0.1, 0.15) is 17.4 Å². The van der Waals surface area contributed by atoms with E-state index in [2.05, 4.69) is 15.6 Å². The second-order valence-corrected chi connectivity index (χ2v) is 4.81. The molecule has 2 N–H and O–H groups in total. The van der Waals surface area contributed by atoms with Crippen molar-refractivity contribution in [2.75, 3.05) is 38.7 Å². The zero-order chi connectivity index (χ0) is 15.2. The lowest BCUT2D eigenvalue weighted by molar-refractivity contribution is -0.135. The van der Waals surface area contributed by atoms with Gasteiger partial charge in [-0.2, -0.15) is 0 Å². The molecule has 1 aromatic rings. The van der Waals surface area contributed by atoms with Crippen molar-refractivity contribution >= 4 is 17.5 Å². The number of hydrogen-bond acceptors (Lipinski definition) is 5. The maximum atomic E-state index is 12.3. The highest BCUT2D eigenvalue weighted by molar-refractivity contribution is 5.93. The minimum absolute atomic E-state index is 0.0246. The molecule has 7 nitrogen and oxygen atoms in total. The summed E-state index contributed by atoms with van der Waals surface area (Å²) in [5.74, 6) is -0.234. The van der Waals surface area contributed by atoms with Crippen molar-refractivity contribution in [2.24, 2.45) is 0 Å². The Kier molecular flexibility index (Phi) is 5.10. The van der Waals surface area contributed by atoms with Gasteiger partial charge in [0.2, 0.25) is 5.91 Å². The van der Waals surface area contributed by atoms with Crippen molar-refractivity contribution in [1.82, 2.24) is 15.2 Å². The number of amides is 2. The molecule has 21 heavy (non-hydrogen) atoms. The van der Waals surface area contributed by atoms with Crippen LogP contribution in [-0.4, -0.2) is 61.1 Å². The third-order valence-corrected chi connectivity index (χ3v) is 3.30. The number of anilines is 1. The summed E-state index contributed by atoms with van der Waals surface area (Å²) < 4.78 is 5.24. The normalized spacial score (nSPS) is 16.2. The SMILES string of the molecule is CNC(=O)c1cc(NC(C)C(=O)N2CCOCC2)ccn1. The minimum atomic E-state index is -0.372. The van der Waals surface area contributed by atoms with Gasteiger partial charge >= 0.3 is 0 Å². The molecule has 2 rings (SSSR count). The first-order chi connectivity index (χ1) is 10.1. The molecular formula is C14H20N4O3. The van der Waals surface area contributed by atoms with E-state index in [-0.39, 0.29) is 17.9 Å². The summed E-state index contributed by atoms with van der Waals surface area (Å²) in [4.78, 5) is 29.6. The molecule has 0 spiro atoms. The molecule has 7 heteroatoms. The molecule has 0 saturated carbocycles. The third kappa shape index (κ3) is 3.91. The fourth-order valence-corrected chi connectivity index (χ4v) is 2.14. The summed E-state index contributed by atoms with van der Waals surface area (Å²) in [6.45, 7) is 4.19. The maximum Gasteiger partial charge on any atom is 0.269 e. The lowest BCUT2D eigenvalue weighted by Gasteiger charge is -2.29. The van der Waals surface area contributed by atoms with E-state index in [1.165, 1.54) is 0 Å². The summed E-state index contributed by atoms with van der Waals surface area (Å²) in [6.07, 6.45) is 1.54. The average molecular weight is 292 g/mol. The van der Waals surface area contributed by atoms with Crippen molar-refractivity contribution < 1.29 is 14.3 Å². The quantitative estimate of drug-likeness (QED) is 0.822. The fourth-order valence-electron chi connectivity index (χ4n) is 2.14. The number of aromatic nitrogens is 1. The molecule has 0 bridgehead atoms. The molecule has 2 amide bonds. The van der Waals surface area contributed by atoms with Gasteiger partial charge in [0, 0.05) is 32.0 Å². The van der Waals surface area contributed by atoms with Gasteiger partial charge in [0.15, 0.2) is 0 Å². The summed E-state index contributed by atoms with van der Waals surface area (Å²) >= 11 is 0. The number of nitrogens with zero attached hydrogens (tertiary/aromatic N) is 2. The molecule has 0 aliphatic carbocycles. The highest BCUT2D eigenvalue weighted by Gasteiger charge is 2.22. The van der Waals surface area contributed by atoms with Crippen molar-refractivity contribution in [3.63, 3.8) is 0 Å². The van der Waals surface area contributed by atoms with E-state index in [0.717, 1.165) is 0 Å². The maximum absolute atomic E-state index is 12.3. The molecule has 0 aromatic carbocycles. The van der Waals surface area contributed by atoms with Crippen LogP contribution in [0.15, 0.2) is 18.3 Å². The van der Waals surface area contributed by atoms with Crippen LogP contribution in [0.3, 0.4) is 0 Å².